The minimum Gasteiger partial charge on any atom is -0.305 e. The average Bonchev–Trinajstić information content (AvgIpc) is 2.63. The third-order valence-electron chi connectivity index (χ3n) is 2.54. The van der Waals surface area contributed by atoms with Gasteiger partial charge < -0.3 is 9.88 Å². The first kappa shape index (κ1) is 14.0. The first-order valence-corrected chi connectivity index (χ1v) is 7.16. The average molecular weight is 342 g/mol. The number of carbonyl (C=O) groups excluding carboxylic acids is 1. The van der Waals surface area contributed by atoms with Gasteiger partial charge in [-0.25, -0.2) is 4.98 Å². The molecule has 0 unspecified atom stereocenters. The van der Waals surface area contributed by atoms with E-state index in [2.05, 4.69) is 26.2 Å². The van der Waals surface area contributed by atoms with Crippen molar-refractivity contribution in [1.29, 1.82) is 0 Å². The molecule has 2 rings (SSSR count). The molecule has 7 heteroatoms. The Labute approximate surface area is 122 Å². The van der Waals surface area contributed by atoms with Gasteiger partial charge in [0.15, 0.2) is 5.13 Å². The van der Waals surface area contributed by atoms with Crippen LogP contribution in [0, 0.1) is 13.8 Å². The van der Waals surface area contributed by atoms with Crippen molar-refractivity contribution in [2.24, 2.45) is 0 Å². The van der Waals surface area contributed by atoms with Gasteiger partial charge in [0.25, 0.3) is 5.56 Å². The molecule has 2 aromatic heterocycles. The molecular weight excluding hydrogens is 330 g/mol. The lowest BCUT2D eigenvalue weighted by atomic mass is 10.4. The zero-order valence-electron chi connectivity index (χ0n) is 10.4. The number of amides is 1. The fourth-order valence-corrected chi connectivity index (χ4v) is 2.68. The summed E-state index contributed by atoms with van der Waals surface area (Å²) in [5, 5.41) is 3.25. The van der Waals surface area contributed by atoms with Crippen LogP contribution in [0.1, 0.15) is 10.6 Å². The number of hydrogen-bond donors (Lipinski definition) is 1. The minimum absolute atomic E-state index is 0.0318. The standard InChI is InChI=1S/C12H12BrN3O2S/c1-7-8(2)19-12(14-7)15-10(17)6-16-5-9(13)3-4-11(16)18/h3-5H,6H2,1-2H3,(H,14,15,17). The van der Waals surface area contributed by atoms with E-state index in [0.29, 0.717) is 5.13 Å². The summed E-state index contributed by atoms with van der Waals surface area (Å²) in [5.74, 6) is -0.269. The normalized spacial score (nSPS) is 10.5. The second-order valence-corrected chi connectivity index (χ2v) is 6.14. The number of aromatic nitrogens is 2. The largest absolute Gasteiger partial charge is 0.305 e. The van der Waals surface area contributed by atoms with Crippen LogP contribution in [0.3, 0.4) is 0 Å². The predicted octanol–water partition coefficient (Wildman–Crippen LogP) is 2.32. The van der Waals surface area contributed by atoms with Crippen LogP contribution in [0.2, 0.25) is 0 Å². The fraction of sp³-hybridized carbons (Fsp3) is 0.250. The number of aryl methyl sites for hydroxylation is 2. The molecule has 0 bridgehead atoms. The van der Waals surface area contributed by atoms with Gasteiger partial charge in [-0.2, -0.15) is 0 Å². The Kier molecular flexibility index (Phi) is 4.16. The second-order valence-electron chi connectivity index (χ2n) is 4.02. The van der Waals surface area contributed by atoms with Crippen molar-refractivity contribution in [2.45, 2.75) is 20.4 Å². The molecule has 0 saturated carbocycles. The quantitative estimate of drug-likeness (QED) is 0.931. The summed E-state index contributed by atoms with van der Waals surface area (Å²) in [6.07, 6.45) is 1.58. The predicted molar refractivity (Wildman–Crippen MR) is 78.6 cm³/mol. The summed E-state index contributed by atoms with van der Waals surface area (Å²) in [7, 11) is 0. The number of halogens is 1. The van der Waals surface area contributed by atoms with Crippen LogP contribution in [0.5, 0.6) is 0 Å². The van der Waals surface area contributed by atoms with Crippen LogP contribution < -0.4 is 10.9 Å². The summed E-state index contributed by atoms with van der Waals surface area (Å²) >= 11 is 4.69. The molecule has 5 nitrogen and oxygen atoms in total. The molecule has 0 radical (unpaired) electrons. The second kappa shape index (κ2) is 5.66. The third-order valence-corrected chi connectivity index (χ3v) is 3.99. The summed E-state index contributed by atoms with van der Waals surface area (Å²) in [6.45, 7) is 3.80. The lowest BCUT2D eigenvalue weighted by Gasteiger charge is -2.05. The highest BCUT2D eigenvalue weighted by Crippen LogP contribution is 2.20. The van der Waals surface area contributed by atoms with Gasteiger partial charge in [0, 0.05) is 21.6 Å². The van der Waals surface area contributed by atoms with Crippen molar-refractivity contribution in [3.63, 3.8) is 0 Å². The van der Waals surface area contributed by atoms with Crippen molar-refractivity contribution in [3.05, 3.63) is 43.7 Å². The van der Waals surface area contributed by atoms with Crippen molar-refractivity contribution in [1.82, 2.24) is 9.55 Å². The van der Waals surface area contributed by atoms with E-state index in [9.17, 15) is 9.59 Å². The van der Waals surface area contributed by atoms with Gasteiger partial charge >= 0.3 is 0 Å². The Morgan fingerprint density at radius 3 is 2.84 bits per heavy atom. The maximum atomic E-state index is 11.8. The van der Waals surface area contributed by atoms with Gasteiger partial charge in [-0.1, -0.05) is 0 Å². The summed E-state index contributed by atoms with van der Waals surface area (Å²) in [6, 6.07) is 3.05. The first-order chi connectivity index (χ1) is 8.95. The van der Waals surface area contributed by atoms with Gasteiger partial charge in [-0.15, -0.1) is 11.3 Å². The van der Waals surface area contributed by atoms with Gasteiger partial charge in [-0.05, 0) is 35.8 Å². The molecule has 0 saturated heterocycles. The Bertz CT molecular complexity index is 658. The Morgan fingerprint density at radius 2 is 2.21 bits per heavy atom. The minimum atomic E-state index is -0.269. The Hall–Kier alpha value is -1.47. The van der Waals surface area contributed by atoms with E-state index in [1.807, 2.05) is 13.8 Å². The lowest BCUT2D eigenvalue weighted by Crippen LogP contribution is -2.26. The maximum absolute atomic E-state index is 11.8. The highest BCUT2D eigenvalue weighted by atomic mass is 79.9. The Morgan fingerprint density at radius 1 is 1.47 bits per heavy atom. The van der Waals surface area contributed by atoms with Gasteiger partial charge in [0.2, 0.25) is 5.91 Å². The molecule has 0 aliphatic heterocycles. The number of pyridine rings is 1. The molecule has 0 aliphatic rings. The smallest absolute Gasteiger partial charge is 0.251 e. The Balaban J connectivity index is 2.09. The molecular formula is C12H12BrN3O2S. The molecule has 1 amide bonds. The number of rotatable bonds is 3. The number of hydrogen-bond acceptors (Lipinski definition) is 4. The SMILES string of the molecule is Cc1nc(NC(=O)Cn2cc(Br)ccc2=O)sc1C. The van der Waals surface area contributed by atoms with Crippen molar-refractivity contribution in [3.8, 4) is 0 Å². The van der Waals surface area contributed by atoms with E-state index in [0.717, 1.165) is 15.0 Å². The third kappa shape index (κ3) is 3.51. The maximum Gasteiger partial charge on any atom is 0.251 e. The lowest BCUT2D eigenvalue weighted by molar-refractivity contribution is -0.116. The number of thiazole rings is 1. The summed E-state index contributed by atoms with van der Waals surface area (Å²) < 4.78 is 2.09. The molecule has 0 atom stereocenters. The van der Waals surface area contributed by atoms with E-state index in [4.69, 9.17) is 0 Å². The number of nitrogens with zero attached hydrogens (tertiary/aromatic N) is 2. The molecule has 0 spiro atoms. The number of anilines is 1. The van der Waals surface area contributed by atoms with E-state index < -0.39 is 0 Å². The van der Waals surface area contributed by atoms with Crippen LogP contribution in [0.4, 0.5) is 5.13 Å². The zero-order chi connectivity index (χ0) is 14.0. The van der Waals surface area contributed by atoms with Crippen molar-refractivity contribution in [2.75, 3.05) is 5.32 Å². The summed E-state index contributed by atoms with van der Waals surface area (Å²) in [4.78, 5) is 28.7. The fourth-order valence-electron chi connectivity index (χ4n) is 1.47. The molecule has 0 aliphatic carbocycles. The van der Waals surface area contributed by atoms with Gasteiger partial charge in [0.05, 0.1) is 5.69 Å². The monoisotopic (exact) mass is 341 g/mol. The van der Waals surface area contributed by atoms with Gasteiger partial charge in [-0.3, -0.25) is 9.59 Å². The highest BCUT2D eigenvalue weighted by Gasteiger charge is 2.09. The molecule has 2 heterocycles. The van der Waals surface area contributed by atoms with Crippen LogP contribution in [0.25, 0.3) is 0 Å². The van der Waals surface area contributed by atoms with Crippen LogP contribution in [-0.4, -0.2) is 15.5 Å². The first-order valence-electron chi connectivity index (χ1n) is 5.55. The van der Waals surface area contributed by atoms with Crippen LogP contribution >= 0.6 is 27.3 Å². The van der Waals surface area contributed by atoms with Gasteiger partial charge in [0.1, 0.15) is 6.54 Å². The van der Waals surface area contributed by atoms with E-state index >= 15 is 0 Å². The van der Waals surface area contributed by atoms with E-state index in [1.54, 1.807) is 12.3 Å². The molecule has 2 aromatic rings. The molecule has 19 heavy (non-hydrogen) atoms. The molecule has 0 fully saturated rings. The molecule has 100 valence electrons. The highest BCUT2D eigenvalue weighted by molar-refractivity contribution is 9.10. The van der Waals surface area contributed by atoms with E-state index in [-0.39, 0.29) is 18.0 Å². The molecule has 0 aromatic carbocycles. The number of nitrogens with one attached hydrogen (secondary N) is 1. The topological polar surface area (TPSA) is 64.0 Å². The van der Waals surface area contributed by atoms with E-state index in [1.165, 1.54) is 22.0 Å². The van der Waals surface area contributed by atoms with Crippen molar-refractivity contribution >= 4 is 38.3 Å². The summed E-state index contributed by atoms with van der Waals surface area (Å²) in [5.41, 5.74) is 0.685. The zero-order valence-corrected chi connectivity index (χ0v) is 12.8. The van der Waals surface area contributed by atoms with Crippen LogP contribution in [-0.2, 0) is 11.3 Å². The van der Waals surface area contributed by atoms with Crippen LogP contribution in [0.15, 0.2) is 27.6 Å². The van der Waals surface area contributed by atoms with Crippen molar-refractivity contribution < 1.29 is 4.79 Å². The number of carbonyl (C=O) groups is 1. The molecule has 1 N–H and O–H groups in total.